The number of aryl methyl sites for hydroxylation is 1. The molecule has 1 aromatic carbocycles. The maximum Gasteiger partial charge on any atom is 0.188 e. The minimum Gasteiger partial charge on any atom is -0.383 e. The summed E-state index contributed by atoms with van der Waals surface area (Å²) >= 11 is 6.12. The first-order valence-corrected chi connectivity index (χ1v) is 8.44. The van der Waals surface area contributed by atoms with Gasteiger partial charge in [-0.1, -0.05) is 17.7 Å². The number of halogens is 1. The number of anilines is 1. The molecule has 1 saturated heterocycles. The molecule has 5 nitrogen and oxygen atoms in total. The number of aliphatic imine (C=N–C) groups is 1. The smallest absolute Gasteiger partial charge is 0.188 e. The highest BCUT2D eigenvalue weighted by Gasteiger charge is 2.23. The summed E-state index contributed by atoms with van der Waals surface area (Å²) in [4.78, 5) is 6.86. The molecule has 0 amide bonds. The number of nitrogens with one attached hydrogen (secondary N) is 1. The molecule has 1 aliphatic rings. The highest BCUT2D eigenvalue weighted by molar-refractivity contribution is 6.30. The zero-order valence-corrected chi connectivity index (χ0v) is 14.9. The molecule has 0 bridgehead atoms. The van der Waals surface area contributed by atoms with Crippen molar-refractivity contribution in [3.05, 3.63) is 28.8 Å². The minimum absolute atomic E-state index is 0.165. The second kappa shape index (κ2) is 8.41. The lowest BCUT2D eigenvalue weighted by atomic mass is 10.1. The summed E-state index contributed by atoms with van der Waals surface area (Å²) in [5.41, 5.74) is 8.41. The Morgan fingerprint density at radius 3 is 3.09 bits per heavy atom. The van der Waals surface area contributed by atoms with Gasteiger partial charge in [0.25, 0.3) is 0 Å². The molecule has 23 heavy (non-hydrogen) atoms. The van der Waals surface area contributed by atoms with Crippen LogP contribution in [0.3, 0.4) is 0 Å². The number of benzene rings is 1. The third-order valence-electron chi connectivity index (χ3n) is 4.13. The maximum absolute atomic E-state index is 6.12. The highest BCUT2D eigenvalue weighted by atomic mass is 35.5. The van der Waals surface area contributed by atoms with E-state index >= 15 is 0 Å². The van der Waals surface area contributed by atoms with E-state index in [0.717, 1.165) is 31.1 Å². The van der Waals surface area contributed by atoms with Gasteiger partial charge in [0.15, 0.2) is 5.96 Å². The second-order valence-electron chi connectivity index (χ2n) is 6.26. The van der Waals surface area contributed by atoms with E-state index < -0.39 is 0 Å². The van der Waals surface area contributed by atoms with Gasteiger partial charge in [-0.3, -0.25) is 4.99 Å². The first-order chi connectivity index (χ1) is 11.0. The van der Waals surface area contributed by atoms with Crippen LogP contribution in [-0.4, -0.2) is 45.4 Å². The van der Waals surface area contributed by atoms with Gasteiger partial charge < -0.3 is 20.7 Å². The molecule has 1 heterocycles. The van der Waals surface area contributed by atoms with E-state index in [4.69, 9.17) is 22.1 Å². The largest absolute Gasteiger partial charge is 0.383 e. The molecule has 0 aliphatic carbocycles. The molecule has 0 spiro atoms. The van der Waals surface area contributed by atoms with E-state index in [1.165, 1.54) is 11.3 Å². The molecule has 2 atom stereocenters. The highest BCUT2D eigenvalue weighted by Crippen LogP contribution is 2.29. The fourth-order valence-electron chi connectivity index (χ4n) is 2.94. The summed E-state index contributed by atoms with van der Waals surface area (Å²) in [6.07, 6.45) is 1.12. The number of methoxy groups -OCH3 is 1. The summed E-state index contributed by atoms with van der Waals surface area (Å²) < 4.78 is 5.08. The summed E-state index contributed by atoms with van der Waals surface area (Å²) in [5.74, 6) is 1.01. The van der Waals surface area contributed by atoms with Gasteiger partial charge in [0, 0.05) is 43.5 Å². The Balaban J connectivity index is 1.87. The zero-order valence-electron chi connectivity index (χ0n) is 14.2. The van der Waals surface area contributed by atoms with Crippen molar-refractivity contribution >= 4 is 23.2 Å². The molecule has 128 valence electrons. The number of hydrogen-bond acceptors (Lipinski definition) is 3. The van der Waals surface area contributed by atoms with Gasteiger partial charge in [0.2, 0.25) is 0 Å². The number of nitrogens with zero attached hydrogens (tertiary/aromatic N) is 2. The third kappa shape index (κ3) is 5.29. The lowest BCUT2D eigenvalue weighted by molar-refractivity contribution is 0.179. The molecule has 2 unspecified atom stereocenters. The third-order valence-corrected chi connectivity index (χ3v) is 4.36. The number of guanidine groups is 1. The second-order valence-corrected chi connectivity index (χ2v) is 6.69. The Bertz CT molecular complexity index is 549. The van der Waals surface area contributed by atoms with Crippen molar-refractivity contribution in [1.82, 2.24) is 5.32 Å². The summed E-state index contributed by atoms with van der Waals surface area (Å²) in [7, 11) is 1.68. The molecular formula is C17H27ClN4O. The van der Waals surface area contributed by atoms with Crippen LogP contribution in [0.25, 0.3) is 0 Å². The molecule has 6 heteroatoms. The monoisotopic (exact) mass is 338 g/mol. The van der Waals surface area contributed by atoms with Gasteiger partial charge in [-0.05, 0) is 43.9 Å². The first kappa shape index (κ1) is 17.9. The maximum atomic E-state index is 6.12. The van der Waals surface area contributed by atoms with Gasteiger partial charge in [0.05, 0.1) is 6.61 Å². The quantitative estimate of drug-likeness (QED) is 0.617. The fourth-order valence-corrected chi connectivity index (χ4v) is 3.11. The molecule has 1 aromatic rings. The zero-order chi connectivity index (χ0) is 16.8. The molecule has 0 saturated carbocycles. The Morgan fingerprint density at radius 2 is 2.35 bits per heavy atom. The van der Waals surface area contributed by atoms with Crippen LogP contribution in [0.1, 0.15) is 18.9 Å². The van der Waals surface area contributed by atoms with E-state index in [-0.39, 0.29) is 6.04 Å². The fraction of sp³-hybridized carbons (Fsp3) is 0.588. The van der Waals surface area contributed by atoms with Gasteiger partial charge in [-0.25, -0.2) is 0 Å². The molecule has 2 rings (SSSR count). The predicted molar refractivity (Wildman–Crippen MR) is 97.5 cm³/mol. The average Bonchev–Trinajstić information content (AvgIpc) is 2.96. The molecule has 0 aromatic heterocycles. The van der Waals surface area contributed by atoms with Crippen LogP contribution in [0, 0.1) is 12.8 Å². The number of ether oxygens (including phenoxy) is 1. The average molecular weight is 339 g/mol. The van der Waals surface area contributed by atoms with Gasteiger partial charge >= 0.3 is 0 Å². The van der Waals surface area contributed by atoms with Crippen molar-refractivity contribution in [2.75, 3.05) is 38.3 Å². The standard InChI is InChI=1S/C17H27ClN4O/c1-12-4-5-15(18)8-16(12)22-7-6-14(10-22)9-20-17(19)21-13(2)11-23-3/h4-5,8,13-14H,6-7,9-11H2,1-3H3,(H3,19,20,21). The van der Waals surface area contributed by atoms with Crippen LogP contribution in [0.4, 0.5) is 5.69 Å². The normalized spacial score (nSPS) is 19.9. The van der Waals surface area contributed by atoms with Crippen molar-refractivity contribution in [2.45, 2.75) is 26.3 Å². The molecule has 1 fully saturated rings. The van der Waals surface area contributed by atoms with Crippen molar-refractivity contribution in [3.63, 3.8) is 0 Å². The van der Waals surface area contributed by atoms with Gasteiger partial charge in [0.1, 0.15) is 0 Å². The lowest BCUT2D eigenvalue weighted by Crippen LogP contribution is -2.41. The summed E-state index contributed by atoms with van der Waals surface area (Å²) in [5, 5.41) is 3.92. The van der Waals surface area contributed by atoms with Crippen LogP contribution < -0.4 is 16.0 Å². The minimum atomic E-state index is 0.165. The van der Waals surface area contributed by atoms with E-state index in [0.29, 0.717) is 18.5 Å². The number of hydrogen-bond donors (Lipinski definition) is 2. The molecule has 0 radical (unpaired) electrons. The van der Waals surface area contributed by atoms with Crippen molar-refractivity contribution in [1.29, 1.82) is 0 Å². The molecule has 1 aliphatic heterocycles. The van der Waals surface area contributed by atoms with Crippen LogP contribution in [-0.2, 0) is 4.74 Å². The summed E-state index contributed by atoms with van der Waals surface area (Å²) in [6, 6.07) is 6.22. The number of nitrogens with two attached hydrogens (primary N) is 1. The topological polar surface area (TPSA) is 62.9 Å². The molecular weight excluding hydrogens is 312 g/mol. The van der Waals surface area contributed by atoms with E-state index in [1.54, 1.807) is 7.11 Å². The van der Waals surface area contributed by atoms with Crippen LogP contribution in [0.5, 0.6) is 0 Å². The SMILES string of the molecule is COCC(C)NC(N)=NCC1CCN(c2cc(Cl)ccc2C)C1. The Morgan fingerprint density at radius 1 is 1.57 bits per heavy atom. The lowest BCUT2D eigenvalue weighted by Gasteiger charge is -2.21. The van der Waals surface area contributed by atoms with Crippen molar-refractivity contribution in [3.8, 4) is 0 Å². The first-order valence-electron chi connectivity index (χ1n) is 8.06. The number of rotatable bonds is 6. The van der Waals surface area contributed by atoms with Crippen molar-refractivity contribution in [2.24, 2.45) is 16.6 Å². The Labute approximate surface area is 143 Å². The van der Waals surface area contributed by atoms with E-state index in [2.05, 4.69) is 28.2 Å². The van der Waals surface area contributed by atoms with E-state index in [1.807, 2.05) is 19.1 Å². The van der Waals surface area contributed by atoms with Gasteiger partial charge in [-0.15, -0.1) is 0 Å². The van der Waals surface area contributed by atoms with Crippen molar-refractivity contribution < 1.29 is 4.74 Å². The van der Waals surface area contributed by atoms with Crippen LogP contribution in [0.2, 0.25) is 5.02 Å². The van der Waals surface area contributed by atoms with Crippen LogP contribution >= 0.6 is 11.6 Å². The van der Waals surface area contributed by atoms with Crippen LogP contribution in [0.15, 0.2) is 23.2 Å². The predicted octanol–water partition coefficient (Wildman–Crippen LogP) is 2.41. The van der Waals surface area contributed by atoms with Gasteiger partial charge in [-0.2, -0.15) is 0 Å². The van der Waals surface area contributed by atoms with E-state index in [9.17, 15) is 0 Å². The Hall–Kier alpha value is -1.46. The Kier molecular flexibility index (Phi) is 6.54. The summed E-state index contributed by atoms with van der Waals surface area (Å²) in [6.45, 7) is 7.53. The molecule has 3 N–H and O–H groups in total.